The van der Waals surface area contributed by atoms with E-state index in [1.807, 2.05) is 18.2 Å². The smallest absolute Gasteiger partial charge is 0.235 e. The Bertz CT molecular complexity index is 460. The highest BCUT2D eigenvalue weighted by Crippen LogP contribution is 2.53. The minimum atomic E-state index is -0.428. The zero-order valence-electron chi connectivity index (χ0n) is 10.0. The van der Waals surface area contributed by atoms with Gasteiger partial charge in [0.1, 0.15) is 11.3 Å². The van der Waals surface area contributed by atoms with Gasteiger partial charge in [0, 0.05) is 12.7 Å². The Kier molecular flexibility index (Phi) is 3.27. The molecule has 0 aromatic heterocycles. The maximum absolute atomic E-state index is 10.5. The molecule has 0 unspecified atom stereocenters. The van der Waals surface area contributed by atoms with Crippen molar-refractivity contribution in [2.75, 3.05) is 14.2 Å². The second-order valence-electron chi connectivity index (χ2n) is 4.16. The molecular formula is C13H15NO3. The lowest BCUT2D eigenvalue weighted by Crippen LogP contribution is -2.10. The highest BCUT2D eigenvalue weighted by Gasteiger charge is 2.48. The summed E-state index contributed by atoms with van der Waals surface area (Å²) in [6.07, 6.45) is 3.39. The van der Waals surface area contributed by atoms with Crippen LogP contribution in [-0.4, -0.2) is 20.3 Å². The molecule has 4 nitrogen and oxygen atoms in total. The first-order chi connectivity index (χ1) is 8.27. The van der Waals surface area contributed by atoms with Crippen LogP contribution in [0.2, 0.25) is 0 Å². The molecule has 0 aliphatic heterocycles. The van der Waals surface area contributed by atoms with Gasteiger partial charge in [-0.2, -0.15) is 4.99 Å². The number of isocyanates is 1. The molecule has 0 bridgehead atoms. The average Bonchev–Trinajstić information content (AvgIpc) is 3.10. The predicted molar refractivity (Wildman–Crippen MR) is 62.7 cm³/mol. The minimum Gasteiger partial charge on any atom is -0.496 e. The van der Waals surface area contributed by atoms with E-state index in [2.05, 4.69) is 4.99 Å². The number of carbonyl (C=O) groups excluding carboxylic acids is 1. The van der Waals surface area contributed by atoms with Crippen LogP contribution in [0.4, 0.5) is 0 Å². The van der Waals surface area contributed by atoms with Crippen LogP contribution in [0.15, 0.2) is 23.2 Å². The summed E-state index contributed by atoms with van der Waals surface area (Å²) in [6.45, 7) is 0.489. The number of hydrogen-bond acceptors (Lipinski definition) is 4. The van der Waals surface area contributed by atoms with Crippen LogP contribution in [-0.2, 0) is 21.7 Å². The molecule has 2 rings (SSSR count). The fourth-order valence-corrected chi connectivity index (χ4v) is 2.17. The van der Waals surface area contributed by atoms with Crippen LogP contribution in [0, 0.1) is 0 Å². The van der Waals surface area contributed by atoms with Gasteiger partial charge < -0.3 is 9.47 Å². The summed E-state index contributed by atoms with van der Waals surface area (Å²) in [5.74, 6) is 0.760. The van der Waals surface area contributed by atoms with E-state index in [0.717, 1.165) is 29.7 Å². The molecule has 0 spiro atoms. The number of nitrogens with zero attached hydrogens (tertiary/aromatic N) is 1. The number of hydrogen-bond donors (Lipinski definition) is 0. The summed E-state index contributed by atoms with van der Waals surface area (Å²) in [6, 6.07) is 5.77. The first-order valence-corrected chi connectivity index (χ1v) is 5.52. The Hall–Kier alpha value is -1.64. The van der Waals surface area contributed by atoms with E-state index in [9.17, 15) is 4.79 Å². The van der Waals surface area contributed by atoms with Crippen molar-refractivity contribution in [2.45, 2.75) is 25.0 Å². The van der Waals surface area contributed by atoms with E-state index in [1.54, 1.807) is 20.3 Å². The fourth-order valence-electron chi connectivity index (χ4n) is 2.17. The van der Waals surface area contributed by atoms with Crippen molar-refractivity contribution in [3.63, 3.8) is 0 Å². The molecule has 1 aliphatic carbocycles. The number of benzene rings is 1. The fraction of sp³-hybridized carbons (Fsp3) is 0.462. The molecule has 0 amide bonds. The maximum atomic E-state index is 10.5. The SMILES string of the molecule is COCc1cccc(OC)c1C1(N=C=O)CC1. The van der Waals surface area contributed by atoms with Gasteiger partial charge in [-0.15, -0.1) is 0 Å². The molecule has 1 aromatic rings. The van der Waals surface area contributed by atoms with Gasteiger partial charge in [0.05, 0.1) is 13.7 Å². The second kappa shape index (κ2) is 4.70. The Morgan fingerprint density at radius 3 is 2.71 bits per heavy atom. The summed E-state index contributed by atoms with van der Waals surface area (Å²) in [5, 5.41) is 0. The molecule has 1 aliphatic rings. The highest BCUT2D eigenvalue weighted by atomic mass is 16.5. The Balaban J connectivity index is 2.52. The van der Waals surface area contributed by atoms with E-state index in [1.165, 1.54) is 0 Å². The summed E-state index contributed by atoms with van der Waals surface area (Å²) >= 11 is 0. The molecule has 4 heteroatoms. The average molecular weight is 233 g/mol. The first kappa shape index (κ1) is 11.8. The Labute approximate surface area is 100 Å². The lowest BCUT2D eigenvalue weighted by Gasteiger charge is -2.17. The molecule has 0 heterocycles. The third kappa shape index (κ3) is 2.09. The van der Waals surface area contributed by atoms with Crippen LogP contribution < -0.4 is 4.74 Å². The molecule has 0 saturated heterocycles. The van der Waals surface area contributed by atoms with Crippen LogP contribution in [0.3, 0.4) is 0 Å². The topological polar surface area (TPSA) is 47.9 Å². The van der Waals surface area contributed by atoms with Crippen molar-refractivity contribution in [1.82, 2.24) is 0 Å². The maximum Gasteiger partial charge on any atom is 0.235 e. The summed E-state index contributed by atoms with van der Waals surface area (Å²) in [5.41, 5.74) is 1.55. The van der Waals surface area contributed by atoms with Gasteiger partial charge in [0.15, 0.2) is 0 Å². The van der Waals surface area contributed by atoms with Gasteiger partial charge in [-0.05, 0) is 24.5 Å². The molecule has 1 aromatic carbocycles. The third-order valence-electron chi connectivity index (χ3n) is 3.08. The quantitative estimate of drug-likeness (QED) is 0.578. The number of aliphatic imine (C=N–C) groups is 1. The van der Waals surface area contributed by atoms with Crippen LogP contribution in [0.25, 0.3) is 0 Å². The molecule has 0 atom stereocenters. The summed E-state index contributed by atoms with van der Waals surface area (Å²) in [4.78, 5) is 14.5. The molecule has 0 radical (unpaired) electrons. The second-order valence-corrected chi connectivity index (χ2v) is 4.16. The standard InChI is InChI=1S/C13H15NO3/c1-16-8-10-4-3-5-11(17-2)12(10)13(6-7-13)14-9-15/h3-5H,6-8H2,1-2H3. The monoisotopic (exact) mass is 233 g/mol. The number of ether oxygens (including phenoxy) is 2. The lowest BCUT2D eigenvalue weighted by molar-refractivity contribution is 0.183. The first-order valence-electron chi connectivity index (χ1n) is 5.52. The van der Waals surface area contributed by atoms with Crippen molar-refractivity contribution in [1.29, 1.82) is 0 Å². The van der Waals surface area contributed by atoms with E-state index >= 15 is 0 Å². The van der Waals surface area contributed by atoms with Gasteiger partial charge in [-0.1, -0.05) is 12.1 Å². The summed E-state index contributed by atoms with van der Waals surface area (Å²) < 4.78 is 10.5. The van der Waals surface area contributed by atoms with Crippen molar-refractivity contribution in [3.8, 4) is 5.75 Å². The zero-order chi connectivity index (χ0) is 12.3. The van der Waals surface area contributed by atoms with Crippen molar-refractivity contribution < 1.29 is 14.3 Å². The highest BCUT2D eigenvalue weighted by molar-refractivity contribution is 5.51. The van der Waals surface area contributed by atoms with Gasteiger partial charge in [-0.3, -0.25) is 0 Å². The molecule has 1 saturated carbocycles. The number of methoxy groups -OCH3 is 2. The Morgan fingerprint density at radius 2 is 2.18 bits per heavy atom. The predicted octanol–water partition coefficient (Wildman–Crippen LogP) is 2.17. The van der Waals surface area contributed by atoms with Crippen LogP contribution >= 0.6 is 0 Å². The van der Waals surface area contributed by atoms with Gasteiger partial charge in [0.25, 0.3) is 0 Å². The molecule has 1 fully saturated rings. The van der Waals surface area contributed by atoms with Crippen LogP contribution in [0.1, 0.15) is 24.0 Å². The van der Waals surface area contributed by atoms with E-state index in [0.29, 0.717) is 6.61 Å². The third-order valence-corrected chi connectivity index (χ3v) is 3.08. The van der Waals surface area contributed by atoms with Gasteiger partial charge in [0.2, 0.25) is 6.08 Å². The minimum absolute atomic E-state index is 0.428. The number of rotatable bonds is 5. The molecule has 17 heavy (non-hydrogen) atoms. The van der Waals surface area contributed by atoms with Gasteiger partial charge >= 0.3 is 0 Å². The normalized spacial score (nSPS) is 16.1. The van der Waals surface area contributed by atoms with Crippen LogP contribution in [0.5, 0.6) is 5.75 Å². The summed E-state index contributed by atoms with van der Waals surface area (Å²) in [7, 11) is 3.27. The van der Waals surface area contributed by atoms with E-state index in [4.69, 9.17) is 9.47 Å². The van der Waals surface area contributed by atoms with Crippen molar-refractivity contribution in [3.05, 3.63) is 29.3 Å². The molecule has 90 valence electrons. The Morgan fingerprint density at radius 1 is 1.41 bits per heavy atom. The van der Waals surface area contributed by atoms with Gasteiger partial charge in [-0.25, -0.2) is 4.79 Å². The lowest BCUT2D eigenvalue weighted by atomic mass is 9.98. The van der Waals surface area contributed by atoms with E-state index in [-0.39, 0.29) is 0 Å². The molecule has 0 N–H and O–H groups in total. The zero-order valence-corrected chi connectivity index (χ0v) is 10.0. The van der Waals surface area contributed by atoms with E-state index < -0.39 is 5.54 Å². The largest absolute Gasteiger partial charge is 0.496 e. The van der Waals surface area contributed by atoms with Crippen molar-refractivity contribution >= 4 is 6.08 Å². The molecular weight excluding hydrogens is 218 g/mol. The van der Waals surface area contributed by atoms with Crippen molar-refractivity contribution in [2.24, 2.45) is 4.99 Å².